The highest BCUT2D eigenvalue weighted by Crippen LogP contribution is 2.25. The summed E-state index contributed by atoms with van der Waals surface area (Å²) >= 11 is 1.50. The van der Waals surface area contributed by atoms with Gasteiger partial charge in [0.2, 0.25) is 0 Å². The number of imidazole rings is 1. The molecule has 1 aromatic heterocycles. The lowest BCUT2D eigenvalue weighted by molar-refractivity contribution is 0.510. The fourth-order valence-corrected chi connectivity index (χ4v) is 2.65. The van der Waals surface area contributed by atoms with Gasteiger partial charge in [0.15, 0.2) is 16.8 Å². The number of nitrogens with two attached hydrogens (primary N) is 1. The number of hydrogen-bond acceptors (Lipinski definition) is 3. The fraction of sp³-hybridized carbons (Fsp3) is 0.417. The first-order valence-corrected chi connectivity index (χ1v) is 6.71. The first-order chi connectivity index (χ1) is 8.52. The molecule has 0 aliphatic heterocycles. The molecule has 2 rings (SSSR count). The Hall–Kier alpha value is -1.14. The van der Waals surface area contributed by atoms with E-state index in [2.05, 4.69) is 4.98 Å². The van der Waals surface area contributed by atoms with Gasteiger partial charge in [-0.15, -0.1) is 0 Å². The summed E-state index contributed by atoms with van der Waals surface area (Å²) < 4.78 is 28.0. The minimum absolute atomic E-state index is 0.100. The van der Waals surface area contributed by atoms with Gasteiger partial charge in [-0.2, -0.15) is 0 Å². The van der Waals surface area contributed by atoms with Gasteiger partial charge in [0.25, 0.3) is 0 Å². The highest BCUT2D eigenvalue weighted by Gasteiger charge is 2.13. The maximum Gasteiger partial charge on any atom is 0.168 e. The van der Waals surface area contributed by atoms with Gasteiger partial charge < -0.3 is 10.3 Å². The summed E-state index contributed by atoms with van der Waals surface area (Å²) in [6, 6.07) is 2.39. The number of aryl methyl sites for hydroxylation is 1. The van der Waals surface area contributed by atoms with Crippen LogP contribution >= 0.6 is 11.8 Å². The molecule has 0 aliphatic carbocycles. The monoisotopic (exact) mass is 271 g/mol. The number of thioether (sulfide) groups is 1. The Labute approximate surface area is 108 Å². The topological polar surface area (TPSA) is 43.8 Å². The van der Waals surface area contributed by atoms with Crippen LogP contribution in [0.5, 0.6) is 0 Å². The average Bonchev–Trinajstić information content (AvgIpc) is 2.64. The van der Waals surface area contributed by atoms with Crippen LogP contribution < -0.4 is 5.73 Å². The van der Waals surface area contributed by atoms with Crippen LogP contribution in [0.1, 0.15) is 13.3 Å². The number of fused-ring (bicyclic) bond motifs is 1. The molecule has 1 unspecified atom stereocenters. The van der Waals surface area contributed by atoms with Crippen molar-refractivity contribution in [2.24, 2.45) is 12.8 Å². The first kappa shape index (κ1) is 13.3. The fourth-order valence-electron chi connectivity index (χ4n) is 1.59. The molecule has 2 N–H and O–H groups in total. The molecule has 0 saturated heterocycles. The second kappa shape index (κ2) is 5.24. The summed E-state index contributed by atoms with van der Waals surface area (Å²) in [5.74, 6) is -0.992. The Morgan fingerprint density at radius 3 is 2.72 bits per heavy atom. The molecule has 0 radical (unpaired) electrons. The summed E-state index contributed by atoms with van der Waals surface area (Å²) in [4.78, 5) is 4.28. The molecule has 0 bridgehead atoms. The normalized spacial score (nSPS) is 13.2. The zero-order valence-corrected chi connectivity index (χ0v) is 11.1. The Morgan fingerprint density at radius 1 is 1.39 bits per heavy atom. The lowest BCUT2D eigenvalue weighted by Gasteiger charge is -2.07. The molecule has 18 heavy (non-hydrogen) atoms. The van der Waals surface area contributed by atoms with E-state index in [0.717, 1.165) is 23.4 Å². The van der Waals surface area contributed by atoms with E-state index in [1.807, 2.05) is 6.92 Å². The molecule has 0 fully saturated rings. The molecule has 98 valence electrons. The maximum atomic E-state index is 13.2. The van der Waals surface area contributed by atoms with E-state index >= 15 is 0 Å². The van der Waals surface area contributed by atoms with E-state index in [9.17, 15) is 8.78 Å². The van der Waals surface area contributed by atoms with Crippen molar-refractivity contribution in [2.75, 3.05) is 5.75 Å². The van der Waals surface area contributed by atoms with Crippen LogP contribution in [0, 0.1) is 11.6 Å². The van der Waals surface area contributed by atoms with Crippen LogP contribution in [0.3, 0.4) is 0 Å². The number of nitrogens with zero attached hydrogens (tertiary/aromatic N) is 2. The van der Waals surface area contributed by atoms with Crippen molar-refractivity contribution in [1.29, 1.82) is 0 Å². The van der Waals surface area contributed by atoms with E-state index in [1.54, 1.807) is 11.6 Å². The van der Waals surface area contributed by atoms with Gasteiger partial charge >= 0.3 is 0 Å². The largest absolute Gasteiger partial charge is 0.327 e. The summed E-state index contributed by atoms with van der Waals surface area (Å²) in [5, 5.41) is 0.721. The number of aromatic nitrogens is 2. The van der Waals surface area contributed by atoms with Crippen molar-refractivity contribution in [3.05, 3.63) is 23.8 Å². The predicted molar refractivity (Wildman–Crippen MR) is 69.6 cm³/mol. The van der Waals surface area contributed by atoms with Crippen molar-refractivity contribution in [3.63, 3.8) is 0 Å². The molecular weight excluding hydrogens is 256 g/mol. The van der Waals surface area contributed by atoms with Gasteiger partial charge in [-0.25, -0.2) is 13.8 Å². The van der Waals surface area contributed by atoms with Gasteiger partial charge in [0, 0.05) is 31.0 Å². The van der Waals surface area contributed by atoms with Crippen molar-refractivity contribution < 1.29 is 8.78 Å². The number of benzene rings is 1. The van der Waals surface area contributed by atoms with Crippen LogP contribution in [-0.4, -0.2) is 21.3 Å². The summed E-state index contributed by atoms with van der Waals surface area (Å²) in [6.45, 7) is 2.02. The summed E-state index contributed by atoms with van der Waals surface area (Å²) in [6.07, 6.45) is 0.889. The van der Waals surface area contributed by atoms with E-state index in [0.29, 0.717) is 11.0 Å². The number of halogens is 2. The Morgan fingerprint density at radius 2 is 2.06 bits per heavy atom. The lowest BCUT2D eigenvalue weighted by atomic mass is 10.3. The molecule has 6 heteroatoms. The van der Waals surface area contributed by atoms with Crippen molar-refractivity contribution >= 4 is 22.8 Å². The molecular formula is C12H15F2N3S. The van der Waals surface area contributed by atoms with Crippen LogP contribution in [0.2, 0.25) is 0 Å². The minimum Gasteiger partial charge on any atom is -0.327 e. The highest BCUT2D eigenvalue weighted by molar-refractivity contribution is 7.99. The smallest absolute Gasteiger partial charge is 0.168 e. The zero-order chi connectivity index (χ0) is 13.3. The van der Waals surface area contributed by atoms with Crippen LogP contribution in [0.25, 0.3) is 11.0 Å². The van der Waals surface area contributed by atoms with Gasteiger partial charge in [0.1, 0.15) is 0 Å². The van der Waals surface area contributed by atoms with E-state index in [-0.39, 0.29) is 6.04 Å². The Bertz CT molecular complexity index is 568. The highest BCUT2D eigenvalue weighted by atomic mass is 32.2. The molecule has 2 aromatic rings. The second-order valence-corrected chi connectivity index (χ2v) is 5.17. The lowest BCUT2D eigenvalue weighted by Crippen LogP contribution is -2.21. The molecule has 0 amide bonds. The Balaban J connectivity index is 2.32. The molecule has 0 saturated carbocycles. The standard InChI is InChI=1S/C12H15F2N3S/c1-3-7(15)6-18-12-16-10-4-8(13)9(14)5-11(10)17(12)2/h4-5,7H,3,6,15H2,1-2H3. The van der Waals surface area contributed by atoms with Gasteiger partial charge in [0.05, 0.1) is 11.0 Å². The molecule has 1 aromatic carbocycles. The first-order valence-electron chi connectivity index (χ1n) is 5.72. The molecule has 0 aliphatic rings. The molecule has 1 atom stereocenters. The van der Waals surface area contributed by atoms with Gasteiger partial charge in [-0.3, -0.25) is 0 Å². The van der Waals surface area contributed by atoms with E-state index < -0.39 is 11.6 Å². The van der Waals surface area contributed by atoms with Crippen LogP contribution in [-0.2, 0) is 7.05 Å². The summed E-state index contributed by atoms with van der Waals surface area (Å²) in [7, 11) is 1.78. The molecule has 3 nitrogen and oxygen atoms in total. The SMILES string of the molecule is CCC(N)CSc1nc2cc(F)c(F)cc2n1C. The minimum atomic E-state index is -0.873. The maximum absolute atomic E-state index is 13.2. The third-order valence-corrected chi connectivity index (χ3v) is 4.05. The van der Waals surface area contributed by atoms with Gasteiger partial charge in [-0.05, 0) is 6.42 Å². The third kappa shape index (κ3) is 2.49. The number of hydrogen-bond donors (Lipinski definition) is 1. The average molecular weight is 271 g/mol. The van der Waals surface area contributed by atoms with Crippen molar-refractivity contribution in [3.8, 4) is 0 Å². The quantitative estimate of drug-likeness (QED) is 0.869. The zero-order valence-electron chi connectivity index (χ0n) is 10.3. The molecule has 0 spiro atoms. The second-order valence-electron chi connectivity index (χ2n) is 4.19. The third-order valence-electron chi connectivity index (χ3n) is 2.83. The van der Waals surface area contributed by atoms with Crippen LogP contribution in [0.15, 0.2) is 17.3 Å². The van der Waals surface area contributed by atoms with E-state index in [4.69, 9.17) is 5.73 Å². The predicted octanol–water partition coefficient (Wildman–Crippen LogP) is 2.68. The summed E-state index contributed by atoms with van der Waals surface area (Å²) in [5.41, 5.74) is 6.88. The molecule has 1 heterocycles. The number of rotatable bonds is 4. The van der Waals surface area contributed by atoms with Crippen molar-refractivity contribution in [1.82, 2.24) is 9.55 Å². The van der Waals surface area contributed by atoms with E-state index in [1.165, 1.54) is 17.8 Å². The van der Waals surface area contributed by atoms with Crippen molar-refractivity contribution in [2.45, 2.75) is 24.5 Å². The Kier molecular flexibility index (Phi) is 3.87. The van der Waals surface area contributed by atoms with Gasteiger partial charge in [-0.1, -0.05) is 18.7 Å². The van der Waals surface area contributed by atoms with Crippen LogP contribution in [0.4, 0.5) is 8.78 Å².